The summed E-state index contributed by atoms with van der Waals surface area (Å²) in [5, 5.41) is 2.96. The predicted molar refractivity (Wildman–Crippen MR) is 72.4 cm³/mol. The number of nitrogens with two attached hydrogens (primary N) is 1. The summed E-state index contributed by atoms with van der Waals surface area (Å²) in [6, 6.07) is 1.21. The minimum atomic E-state index is 0.0845. The van der Waals surface area contributed by atoms with Crippen molar-refractivity contribution >= 4 is 6.03 Å². The van der Waals surface area contributed by atoms with Crippen LogP contribution in [-0.4, -0.2) is 60.1 Å². The van der Waals surface area contributed by atoms with Crippen molar-refractivity contribution in [1.29, 1.82) is 0 Å². The average molecular weight is 254 g/mol. The highest BCUT2D eigenvalue weighted by Crippen LogP contribution is 2.19. The van der Waals surface area contributed by atoms with E-state index in [9.17, 15) is 4.79 Å². The van der Waals surface area contributed by atoms with Crippen molar-refractivity contribution < 1.29 is 4.79 Å². The zero-order chi connectivity index (χ0) is 13.1. The van der Waals surface area contributed by atoms with Gasteiger partial charge in [-0.25, -0.2) is 4.79 Å². The van der Waals surface area contributed by atoms with E-state index in [0.717, 1.165) is 45.4 Å². The molecule has 0 saturated carbocycles. The Kier molecular flexibility index (Phi) is 4.45. The summed E-state index contributed by atoms with van der Waals surface area (Å²) in [4.78, 5) is 16.4. The molecular weight excluding hydrogens is 228 g/mol. The Balaban J connectivity index is 1.79. The molecule has 2 aliphatic rings. The van der Waals surface area contributed by atoms with E-state index in [4.69, 9.17) is 5.73 Å². The topological polar surface area (TPSA) is 61.6 Å². The highest BCUT2D eigenvalue weighted by Gasteiger charge is 2.31. The molecule has 2 heterocycles. The summed E-state index contributed by atoms with van der Waals surface area (Å²) in [6.07, 6.45) is 3.28. The molecule has 0 aromatic rings. The van der Waals surface area contributed by atoms with E-state index in [2.05, 4.69) is 10.2 Å². The quantitative estimate of drug-likeness (QED) is 0.758. The third-order valence-electron chi connectivity index (χ3n) is 3.95. The number of likely N-dealkylation sites (tertiary alicyclic amines) is 2. The van der Waals surface area contributed by atoms with E-state index >= 15 is 0 Å². The lowest BCUT2D eigenvalue weighted by atomic mass is 10.0. The van der Waals surface area contributed by atoms with Crippen LogP contribution in [0.15, 0.2) is 0 Å². The molecule has 2 saturated heterocycles. The first-order valence-corrected chi connectivity index (χ1v) is 7.11. The van der Waals surface area contributed by atoms with Crippen molar-refractivity contribution in [2.75, 3.05) is 26.2 Å². The summed E-state index contributed by atoms with van der Waals surface area (Å²) in [6.45, 7) is 7.92. The van der Waals surface area contributed by atoms with E-state index in [-0.39, 0.29) is 12.1 Å². The molecule has 0 spiro atoms. The Bertz CT molecular complexity index is 287. The number of piperidine rings is 1. The standard InChI is InChI=1S/C13H26N4O/c1-10(2)15-13(18)17-8-5-12(9-17)16-6-3-11(14)4-7-16/h10-12H,3-9,14H2,1-2H3,(H,15,18). The minimum Gasteiger partial charge on any atom is -0.336 e. The minimum absolute atomic E-state index is 0.0845. The maximum Gasteiger partial charge on any atom is 0.317 e. The fourth-order valence-electron chi connectivity index (χ4n) is 2.85. The van der Waals surface area contributed by atoms with Crippen molar-refractivity contribution in [3.05, 3.63) is 0 Å². The van der Waals surface area contributed by atoms with Gasteiger partial charge >= 0.3 is 6.03 Å². The van der Waals surface area contributed by atoms with Gasteiger partial charge in [0, 0.05) is 31.2 Å². The SMILES string of the molecule is CC(C)NC(=O)N1CCC(N2CCC(N)CC2)C1. The van der Waals surface area contributed by atoms with Gasteiger partial charge in [0.15, 0.2) is 0 Å². The third-order valence-corrected chi connectivity index (χ3v) is 3.95. The Morgan fingerprint density at radius 2 is 1.89 bits per heavy atom. The van der Waals surface area contributed by atoms with Gasteiger partial charge in [-0.3, -0.25) is 4.90 Å². The van der Waals surface area contributed by atoms with Gasteiger partial charge in [-0.1, -0.05) is 0 Å². The van der Waals surface area contributed by atoms with Crippen LogP contribution >= 0.6 is 0 Å². The first kappa shape index (κ1) is 13.6. The molecule has 5 heteroatoms. The number of amides is 2. The van der Waals surface area contributed by atoms with Gasteiger partial charge in [0.05, 0.1) is 0 Å². The Hall–Kier alpha value is -0.810. The molecule has 3 N–H and O–H groups in total. The number of nitrogens with one attached hydrogen (secondary N) is 1. The number of carbonyl (C=O) groups excluding carboxylic acids is 1. The monoisotopic (exact) mass is 254 g/mol. The Labute approximate surface area is 110 Å². The third kappa shape index (κ3) is 3.36. The Morgan fingerprint density at radius 3 is 2.50 bits per heavy atom. The summed E-state index contributed by atoms with van der Waals surface area (Å²) >= 11 is 0. The van der Waals surface area contributed by atoms with Crippen molar-refractivity contribution in [2.24, 2.45) is 5.73 Å². The summed E-state index contributed by atoms with van der Waals surface area (Å²) in [7, 11) is 0. The average Bonchev–Trinajstić information content (AvgIpc) is 2.78. The molecular formula is C13H26N4O. The number of hydrogen-bond donors (Lipinski definition) is 2. The van der Waals surface area contributed by atoms with Crippen LogP contribution in [0.5, 0.6) is 0 Å². The normalized spacial score (nSPS) is 26.9. The van der Waals surface area contributed by atoms with Gasteiger partial charge in [0.1, 0.15) is 0 Å². The number of hydrogen-bond acceptors (Lipinski definition) is 3. The second-order valence-corrected chi connectivity index (χ2v) is 5.87. The van der Waals surface area contributed by atoms with E-state index in [1.807, 2.05) is 18.7 Å². The van der Waals surface area contributed by atoms with Gasteiger partial charge in [-0.2, -0.15) is 0 Å². The smallest absolute Gasteiger partial charge is 0.317 e. The largest absolute Gasteiger partial charge is 0.336 e. The van der Waals surface area contributed by atoms with E-state index < -0.39 is 0 Å². The molecule has 2 rings (SSSR count). The van der Waals surface area contributed by atoms with Crippen molar-refractivity contribution in [3.8, 4) is 0 Å². The molecule has 0 bridgehead atoms. The van der Waals surface area contributed by atoms with Gasteiger partial charge in [0.2, 0.25) is 0 Å². The number of rotatable bonds is 2. The molecule has 0 aromatic heterocycles. The summed E-state index contributed by atoms with van der Waals surface area (Å²) in [5.74, 6) is 0. The molecule has 18 heavy (non-hydrogen) atoms. The molecule has 2 aliphatic heterocycles. The molecule has 1 unspecified atom stereocenters. The predicted octanol–water partition coefficient (Wildman–Crippen LogP) is 0.602. The maximum absolute atomic E-state index is 11.9. The van der Waals surface area contributed by atoms with E-state index in [0.29, 0.717) is 12.1 Å². The first-order valence-electron chi connectivity index (χ1n) is 7.11. The number of nitrogens with zero attached hydrogens (tertiary/aromatic N) is 2. The van der Waals surface area contributed by atoms with Crippen molar-refractivity contribution in [1.82, 2.24) is 15.1 Å². The van der Waals surface area contributed by atoms with Crippen molar-refractivity contribution in [2.45, 2.75) is 51.2 Å². The lowest BCUT2D eigenvalue weighted by molar-refractivity contribution is 0.152. The first-order chi connectivity index (χ1) is 8.56. The van der Waals surface area contributed by atoms with Crippen LogP contribution in [-0.2, 0) is 0 Å². The fraction of sp³-hybridized carbons (Fsp3) is 0.923. The van der Waals surface area contributed by atoms with Crippen LogP contribution in [0.4, 0.5) is 4.79 Å². The molecule has 2 amide bonds. The molecule has 0 aromatic carbocycles. The van der Waals surface area contributed by atoms with Gasteiger partial charge in [-0.05, 0) is 46.2 Å². The van der Waals surface area contributed by atoms with E-state index in [1.54, 1.807) is 0 Å². The van der Waals surface area contributed by atoms with Gasteiger partial charge in [-0.15, -0.1) is 0 Å². The van der Waals surface area contributed by atoms with Crippen LogP contribution in [0.1, 0.15) is 33.1 Å². The highest BCUT2D eigenvalue weighted by molar-refractivity contribution is 5.74. The van der Waals surface area contributed by atoms with Crippen LogP contribution < -0.4 is 11.1 Å². The van der Waals surface area contributed by atoms with Crippen LogP contribution in [0, 0.1) is 0 Å². The second-order valence-electron chi connectivity index (χ2n) is 5.87. The van der Waals surface area contributed by atoms with Crippen LogP contribution in [0.25, 0.3) is 0 Å². The number of urea groups is 1. The molecule has 0 radical (unpaired) electrons. The molecule has 0 aliphatic carbocycles. The lowest BCUT2D eigenvalue weighted by Gasteiger charge is -2.34. The summed E-state index contributed by atoms with van der Waals surface area (Å²) < 4.78 is 0. The second kappa shape index (κ2) is 5.89. The Morgan fingerprint density at radius 1 is 1.22 bits per heavy atom. The van der Waals surface area contributed by atoms with E-state index in [1.165, 1.54) is 0 Å². The van der Waals surface area contributed by atoms with Gasteiger partial charge < -0.3 is 16.0 Å². The zero-order valence-corrected chi connectivity index (χ0v) is 11.6. The highest BCUT2D eigenvalue weighted by atomic mass is 16.2. The molecule has 5 nitrogen and oxygen atoms in total. The lowest BCUT2D eigenvalue weighted by Crippen LogP contribution is -2.47. The van der Waals surface area contributed by atoms with Gasteiger partial charge in [0.25, 0.3) is 0 Å². The summed E-state index contributed by atoms with van der Waals surface area (Å²) in [5.41, 5.74) is 5.92. The fourth-order valence-corrected chi connectivity index (χ4v) is 2.85. The molecule has 104 valence electrons. The number of carbonyl (C=O) groups is 1. The molecule has 1 atom stereocenters. The maximum atomic E-state index is 11.9. The molecule has 2 fully saturated rings. The van der Waals surface area contributed by atoms with Crippen LogP contribution in [0.3, 0.4) is 0 Å². The zero-order valence-electron chi connectivity index (χ0n) is 11.6. The van der Waals surface area contributed by atoms with Crippen LogP contribution in [0.2, 0.25) is 0 Å². The van der Waals surface area contributed by atoms with Crippen molar-refractivity contribution in [3.63, 3.8) is 0 Å².